The van der Waals surface area contributed by atoms with Crippen molar-refractivity contribution < 1.29 is 42.1 Å². The Balaban J connectivity index is 4.11. The fraction of sp³-hybridized carbons (Fsp3) is 0.707. The summed E-state index contributed by atoms with van der Waals surface area (Å²) >= 11 is 0. The van der Waals surface area contributed by atoms with Crippen molar-refractivity contribution >= 4 is 19.8 Å². The fourth-order valence-corrected chi connectivity index (χ4v) is 11.2. The number of hydrogen-bond donors (Lipinski definition) is 0. The summed E-state index contributed by atoms with van der Waals surface area (Å²) in [6, 6.07) is 0. The molecule has 0 saturated heterocycles. The third-order valence-corrected chi connectivity index (χ3v) is 17.1. The van der Waals surface area contributed by atoms with E-state index in [1.165, 1.54) is 180 Å². The first-order valence-electron chi connectivity index (χ1n) is 37.9. The number of carbonyl (C=O) groups is 2. The lowest BCUT2D eigenvalue weighted by atomic mass is 10.0. The summed E-state index contributed by atoms with van der Waals surface area (Å²) in [4.78, 5) is 38.1. The second-order valence-electron chi connectivity index (χ2n) is 26.3. The van der Waals surface area contributed by atoms with Crippen molar-refractivity contribution in [3.63, 3.8) is 0 Å². The van der Waals surface area contributed by atoms with Crippen LogP contribution >= 0.6 is 7.82 Å². The predicted molar refractivity (Wildman–Crippen MR) is 397 cm³/mol. The molecule has 0 amide bonds. The van der Waals surface area contributed by atoms with Gasteiger partial charge in [0.05, 0.1) is 27.7 Å². The molecule has 0 rings (SSSR count). The van der Waals surface area contributed by atoms with Crippen LogP contribution in [-0.2, 0) is 32.7 Å². The zero-order chi connectivity index (χ0) is 66.9. The number of phosphoric acid groups is 1. The third-order valence-electron chi connectivity index (χ3n) is 16.2. The van der Waals surface area contributed by atoms with Crippen LogP contribution in [0.4, 0.5) is 0 Å². The van der Waals surface area contributed by atoms with Crippen LogP contribution < -0.4 is 4.89 Å². The average molecular weight is 1300 g/mol. The van der Waals surface area contributed by atoms with Gasteiger partial charge in [-0.15, -0.1) is 0 Å². The summed E-state index contributed by atoms with van der Waals surface area (Å²) in [5, 5.41) is 0. The number of nitrogens with zero attached hydrogens (tertiary/aromatic N) is 1. The van der Waals surface area contributed by atoms with Crippen LogP contribution in [0, 0.1) is 0 Å². The van der Waals surface area contributed by atoms with E-state index in [1.54, 1.807) is 0 Å². The number of unbranched alkanes of at least 4 members (excludes halogenated alkanes) is 33. The fourth-order valence-electron chi connectivity index (χ4n) is 10.4. The average Bonchev–Trinajstić information content (AvgIpc) is 2.34. The van der Waals surface area contributed by atoms with E-state index in [2.05, 4.69) is 148 Å². The van der Waals surface area contributed by atoms with Gasteiger partial charge in [-0.2, -0.15) is 0 Å². The van der Waals surface area contributed by atoms with Crippen LogP contribution in [0.1, 0.15) is 322 Å². The molecule has 9 nitrogen and oxygen atoms in total. The number of rotatable bonds is 69. The van der Waals surface area contributed by atoms with Crippen molar-refractivity contribution in [3.8, 4) is 0 Å². The van der Waals surface area contributed by atoms with Gasteiger partial charge in [-0.25, -0.2) is 0 Å². The second kappa shape index (κ2) is 71.4. The van der Waals surface area contributed by atoms with E-state index in [9.17, 15) is 19.0 Å². The third kappa shape index (κ3) is 75.2. The molecule has 0 aromatic carbocycles. The minimum atomic E-state index is -4.66. The van der Waals surface area contributed by atoms with Gasteiger partial charge >= 0.3 is 11.9 Å². The molecule has 0 aromatic rings. The van der Waals surface area contributed by atoms with Gasteiger partial charge in [0.1, 0.15) is 19.8 Å². The van der Waals surface area contributed by atoms with Crippen molar-refractivity contribution in [2.75, 3.05) is 47.5 Å². The predicted octanol–water partition coefficient (Wildman–Crippen LogP) is 24.5. The van der Waals surface area contributed by atoms with E-state index in [4.69, 9.17) is 18.5 Å². The summed E-state index contributed by atoms with van der Waals surface area (Å²) in [6.07, 6.45) is 104. The van der Waals surface area contributed by atoms with Gasteiger partial charge in [0.2, 0.25) is 0 Å². The number of ether oxygens (including phenoxy) is 2. The molecule has 0 aromatic heterocycles. The van der Waals surface area contributed by atoms with E-state index in [0.717, 1.165) is 109 Å². The van der Waals surface area contributed by atoms with Crippen molar-refractivity contribution in [1.29, 1.82) is 0 Å². The lowest BCUT2D eigenvalue weighted by Crippen LogP contribution is -2.37. The van der Waals surface area contributed by atoms with E-state index in [1.807, 2.05) is 21.1 Å². The normalized spacial score (nSPS) is 13.8. The molecular formula is C82H142NO8P. The van der Waals surface area contributed by atoms with Gasteiger partial charge in [0.15, 0.2) is 6.10 Å². The van der Waals surface area contributed by atoms with Crippen LogP contribution in [0.2, 0.25) is 0 Å². The molecular weight excluding hydrogens is 1160 g/mol. The number of esters is 2. The summed E-state index contributed by atoms with van der Waals surface area (Å²) < 4.78 is 34.3. The largest absolute Gasteiger partial charge is 0.756 e. The van der Waals surface area contributed by atoms with Crippen LogP contribution in [-0.4, -0.2) is 70.0 Å². The van der Waals surface area contributed by atoms with E-state index >= 15 is 0 Å². The molecule has 2 atom stereocenters. The maximum atomic E-state index is 12.9. The van der Waals surface area contributed by atoms with Crippen LogP contribution in [0.15, 0.2) is 134 Å². The van der Waals surface area contributed by atoms with E-state index < -0.39 is 32.5 Å². The first-order chi connectivity index (χ1) is 45.0. The standard InChI is InChI=1S/C82H142NO8P/c1-6-8-10-12-14-16-18-20-22-24-26-28-30-32-34-36-38-39-40-41-42-43-45-47-49-51-53-55-57-59-61-63-65-67-69-71-73-75-82(85)91-80(79-90-92(86,87)89-77-76-83(3,4)5)78-88-81(84)74-72-70-68-66-64-62-60-58-56-54-52-50-48-46-44-37-35-33-31-29-27-25-23-21-19-17-15-13-11-9-7-2/h8,10,14,16,20,22,26,28,32,34,38-39,41-42,45,47,51,53,57,59,63,65,80H,6-7,9,11-13,15,17-19,21,23-25,27,29-31,33,35-37,40,43-44,46,48-50,52,54-56,58,60-62,64,66-79H2,1-5H3/b10-8-,16-14-,22-20-,28-26-,34-32-,39-38-,42-41-,47-45-,53-51-,59-57-,65-63-. The van der Waals surface area contributed by atoms with Gasteiger partial charge in [0, 0.05) is 12.8 Å². The maximum Gasteiger partial charge on any atom is 0.306 e. The molecule has 528 valence electrons. The Morgan fingerprint density at radius 2 is 0.620 bits per heavy atom. The molecule has 92 heavy (non-hydrogen) atoms. The Morgan fingerprint density at radius 1 is 0.348 bits per heavy atom. The Labute approximate surface area is 568 Å². The van der Waals surface area contributed by atoms with Gasteiger partial charge < -0.3 is 27.9 Å². The molecule has 2 unspecified atom stereocenters. The Bertz CT molecular complexity index is 2020. The van der Waals surface area contributed by atoms with Crippen molar-refractivity contribution in [2.24, 2.45) is 0 Å². The number of allylic oxidation sites excluding steroid dienone is 22. The minimum Gasteiger partial charge on any atom is -0.756 e. The van der Waals surface area contributed by atoms with Gasteiger partial charge in [0.25, 0.3) is 7.82 Å². The van der Waals surface area contributed by atoms with Crippen molar-refractivity contribution in [3.05, 3.63) is 134 Å². The molecule has 0 N–H and O–H groups in total. The first kappa shape index (κ1) is 88.2. The molecule has 0 radical (unpaired) electrons. The molecule has 0 bridgehead atoms. The summed E-state index contributed by atoms with van der Waals surface area (Å²) in [6.45, 7) is 4.12. The van der Waals surface area contributed by atoms with Crippen molar-refractivity contribution in [2.45, 2.75) is 328 Å². The number of hydrogen-bond acceptors (Lipinski definition) is 8. The van der Waals surface area contributed by atoms with E-state index in [0.29, 0.717) is 17.4 Å². The SMILES string of the molecule is CC/C=C\C/C=C\C/C=C\C/C=C\C/C=C\C/C=C\C/C=C\C/C=C\C/C=C\C/C=C\C/C=C\CCCCCC(=O)OC(COC(=O)CCCCCCCCCCCCCCCCCCCCCCCCCCCCCCCCC)COP(=O)([O-])OCC[N+](C)(C)C. The first-order valence-corrected chi connectivity index (χ1v) is 39.4. The Morgan fingerprint density at radius 3 is 0.924 bits per heavy atom. The summed E-state index contributed by atoms with van der Waals surface area (Å²) in [7, 11) is 1.14. The summed E-state index contributed by atoms with van der Waals surface area (Å²) in [5.74, 6) is -0.868. The number of likely N-dealkylation sites (N-methyl/N-ethyl adjacent to an activating group) is 1. The highest BCUT2D eigenvalue weighted by atomic mass is 31.2. The van der Waals surface area contributed by atoms with Crippen LogP contribution in [0.3, 0.4) is 0 Å². The molecule has 0 aliphatic carbocycles. The lowest BCUT2D eigenvalue weighted by Gasteiger charge is -2.28. The molecule has 10 heteroatoms. The minimum absolute atomic E-state index is 0.0429. The van der Waals surface area contributed by atoms with E-state index in [-0.39, 0.29) is 26.1 Å². The highest BCUT2D eigenvalue weighted by Crippen LogP contribution is 2.38. The van der Waals surface area contributed by atoms with Crippen LogP contribution in [0.5, 0.6) is 0 Å². The highest BCUT2D eigenvalue weighted by molar-refractivity contribution is 7.45. The molecule has 0 fully saturated rings. The smallest absolute Gasteiger partial charge is 0.306 e. The lowest BCUT2D eigenvalue weighted by molar-refractivity contribution is -0.870. The quantitative estimate of drug-likeness (QED) is 0.0195. The number of quaternary nitrogens is 1. The Hall–Kier alpha value is -3.85. The highest BCUT2D eigenvalue weighted by Gasteiger charge is 2.22. The van der Waals surface area contributed by atoms with Crippen LogP contribution in [0.25, 0.3) is 0 Å². The Kier molecular flexibility index (Phi) is 68.5. The van der Waals surface area contributed by atoms with Gasteiger partial charge in [-0.3, -0.25) is 14.2 Å². The number of phosphoric ester groups is 1. The summed E-state index contributed by atoms with van der Waals surface area (Å²) in [5.41, 5.74) is 0. The topological polar surface area (TPSA) is 111 Å². The molecule has 0 aliphatic heterocycles. The van der Waals surface area contributed by atoms with Gasteiger partial charge in [-0.05, 0) is 96.3 Å². The maximum absolute atomic E-state index is 12.9. The molecule has 0 spiro atoms. The number of carbonyl (C=O) groups excluding carboxylic acids is 2. The molecule has 0 heterocycles. The molecule has 0 aliphatic rings. The second-order valence-corrected chi connectivity index (χ2v) is 27.7. The van der Waals surface area contributed by atoms with Crippen molar-refractivity contribution in [1.82, 2.24) is 0 Å². The van der Waals surface area contributed by atoms with Gasteiger partial charge in [-0.1, -0.05) is 347 Å². The monoisotopic (exact) mass is 1300 g/mol. The molecule has 0 saturated carbocycles. The zero-order valence-corrected chi connectivity index (χ0v) is 61.1. The zero-order valence-electron chi connectivity index (χ0n) is 60.2.